The highest BCUT2D eigenvalue weighted by molar-refractivity contribution is 3.89. The average Bonchev–Trinajstić information content (AvgIpc) is 1.36. The smallest absolute Gasteiger partial charge is 0.220 e. The zero-order valence-electron chi connectivity index (χ0n) is 2.54. The fraction of sp³-hybridized carbons (Fsp3) is 0. The van der Waals surface area contributed by atoms with Gasteiger partial charge in [0.05, 0.1) is 0 Å². The van der Waals surface area contributed by atoms with Crippen LogP contribution in [0, 0.1) is 10.1 Å². The summed E-state index contributed by atoms with van der Waals surface area (Å²) in [5, 5.41) is 12.7. The molecule has 0 fully saturated rings. The van der Waals surface area contributed by atoms with Crippen LogP contribution in [-0.2, 0) is 0 Å². The van der Waals surface area contributed by atoms with Crippen molar-refractivity contribution in [2.24, 2.45) is 0 Å². The van der Waals surface area contributed by atoms with Crippen LogP contribution in [0.25, 0.3) is 0 Å². The van der Waals surface area contributed by atoms with Gasteiger partial charge in [0.25, 0.3) is 0 Å². The molecule has 6 heteroatoms. The van der Waals surface area contributed by atoms with Gasteiger partial charge in [-0.1, -0.05) is 0 Å². The van der Waals surface area contributed by atoms with Gasteiger partial charge >= 0.3 is 0 Å². The van der Waals surface area contributed by atoms with Crippen molar-refractivity contribution in [1.29, 1.82) is 0 Å². The third kappa shape index (κ3) is 1.41. The molecule has 0 amide bonds. The molecule has 0 aromatic rings. The van der Waals surface area contributed by atoms with E-state index < -0.39 is 10.4 Å². The molecule has 0 bridgehead atoms. The first kappa shape index (κ1) is 5.09. The molecule has 0 radical (unpaired) electrons. The maximum absolute atomic E-state index is 10.5. The molecule has 5 nitrogen and oxygen atoms in total. The van der Waals surface area contributed by atoms with Crippen molar-refractivity contribution in [3.05, 3.63) is 10.1 Å². The second-order valence-electron chi connectivity index (χ2n) is 0.478. The lowest BCUT2D eigenvalue weighted by atomic mass is 12.6. The highest BCUT2D eigenvalue weighted by atomic mass is 19.2. The molecule has 0 aromatic heterocycles. The van der Waals surface area contributed by atoms with E-state index in [0.29, 0.717) is 0 Å². The van der Waals surface area contributed by atoms with E-state index in [9.17, 15) is 4.48 Å². The van der Waals surface area contributed by atoms with Crippen LogP contribution in [0.1, 0.15) is 0 Å². The number of nitro groups is 1. The van der Waals surface area contributed by atoms with E-state index in [-0.39, 0.29) is 0 Å². The van der Waals surface area contributed by atoms with Crippen molar-refractivity contribution in [1.82, 2.24) is 5.39 Å². The van der Waals surface area contributed by atoms with Crippen LogP contribution in [0.4, 0.5) is 4.48 Å². The molecule has 0 aliphatic heterocycles. The topological polar surface area (TPSA) is 66.6 Å². The van der Waals surface area contributed by atoms with Crippen LogP contribution >= 0.6 is 0 Å². The number of hydrogen-bond donors (Lipinski definition) is 1. The maximum Gasteiger partial charge on any atom is 0.220 e. The molecular weight excluding hydrogens is 95.0 g/mol. The van der Waals surface area contributed by atoms with E-state index in [0.717, 1.165) is 0 Å². The van der Waals surface area contributed by atoms with Gasteiger partial charge in [-0.2, -0.15) is 0 Å². The summed E-state index contributed by atoms with van der Waals surface area (Å²) in [6.45, 7) is 0. The summed E-state index contributed by atoms with van der Waals surface area (Å²) in [5.41, 5.74) is 0. The van der Waals surface area contributed by atoms with E-state index in [2.05, 4.69) is 0 Å². The van der Waals surface area contributed by atoms with E-state index in [1.54, 1.807) is 0 Å². The fourth-order valence-corrected chi connectivity index (χ4v) is 0. The number of hydrogen-bond acceptors (Lipinski definition) is 3. The van der Waals surface area contributed by atoms with E-state index in [1.165, 1.54) is 0 Å². The van der Waals surface area contributed by atoms with E-state index in [1.807, 2.05) is 0 Å². The molecule has 0 saturated carbocycles. The van der Waals surface area contributed by atoms with E-state index in [4.69, 9.17) is 15.3 Å². The minimum absolute atomic E-state index is 1.61. The largest absolute Gasteiger partial charge is 0.231 e. The summed E-state index contributed by atoms with van der Waals surface area (Å²) in [6.07, 6.45) is 0. The lowest BCUT2D eigenvalue weighted by molar-refractivity contribution is -0.781. The highest BCUT2D eigenvalue weighted by Gasteiger charge is 2.02. The van der Waals surface area contributed by atoms with Crippen LogP contribution < -0.4 is 0 Å². The van der Waals surface area contributed by atoms with Gasteiger partial charge in [-0.05, 0) is 4.48 Å². The zero-order chi connectivity index (χ0) is 5.15. The molecule has 0 saturated heterocycles. The standard InChI is InChI=1S/FHN2O3/c1-2(4)3(5)6/h4H. The van der Waals surface area contributed by atoms with Crippen molar-refractivity contribution >= 4 is 0 Å². The Morgan fingerprint density at radius 1 is 2.00 bits per heavy atom. The molecule has 36 valence electrons. The molecule has 1 N–H and O–H groups in total. The average molecular weight is 96.0 g/mol. The fourth-order valence-electron chi connectivity index (χ4n) is 0. The molecule has 0 aliphatic carbocycles. The Labute approximate surface area is 31.6 Å². The summed E-state index contributed by atoms with van der Waals surface area (Å²) < 4.78 is 10.5. The Balaban J connectivity index is 3.26. The lowest BCUT2D eigenvalue weighted by Gasteiger charge is -1.84. The molecule has 0 unspecified atom stereocenters. The molecule has 0 heterocycles. The van der Waals surface area contributed by atoms with Gasteiger partial charge in [-0.25, -0.2) is 15.3 Å². The van der Waals surface area contributed by atoms with Crippen LogP contribution in [0.5, 0.6) is 0 Å². The minimum atomic E-state index is -1.61. The van der Waals surface area contributed by atoms with Gasteiger partial charge in [0.1, 0.15) is 0 Å². The van der Waals surface area contributed by atoms with Gasteiger partial charge < -0.3 is 0 Å². The van der Waals surface area contributed by atoms with Gasteiger partial charge in [-0.15, -0.1) is 0 Å². The van der Waals surface area contributed by atoms with Gasteiger partial charge in [0.15, 0.2) is 0 Å². The Bertz CT molecular complexity index is 59.8. The molecule has 0 aliphatic rings. The van der Waals surface area contributed by atoms with Gasteiger partial charge in [0.2, 0.25) is 10.4 Å². The normalized spacial score (nSPS) is 7.67. The van der Waals surface area contributed by atoms with Crippen molar-refractivity contribution < 1.29 is 14.7 Å². The SMILES string of the molecule is O=[N+]([O-])N(O)F. The second kappa shape index (κ2) is 1.51. The molecule has 0 rings (SSSR count). The minimum Gasteiger partial charge on any atom is -0.231 e. The first-order valence-electron chi connectivity index (χ1n) is 0.934. The first-order chi connectivity index (χ1) is 2.64. The lowest BCUT2D eigenvalue weighted by Crippen LogP contribution is -2.14. The van der Waals surface area contributed by atoms with Gasteiger partial charge in [-0.3, -0.25) is 0 Å². The molecule has 0 spiro atoms. The van der Waals surface area contributed by atoms with Crippen molar-refractivity contribution in [3.63, 3.8) is 0 Å². The molecular formula is HFN2O3. The van der Waals surface area contributed by atoms with Crippen LogP contribution in [0.15, 0.2) is 0 Å². The maximum atomic E-state index is 10.5. The second-order valence-corrected chi connectivity index (χ2v) is 0.478. The van der Waals surface area contributed by atoms with Crippen molar-refractivity contribution in [3.8, 4) is 0 Å². The Morgan fingerprint density at radius 3 is 2.17 bits per heavy atom. The molecule has 0 aromatic carbocycles. The van der Waals surface area contributed by atoms with Crippen molar-refractivity contribution in [2.75, 3.05) is 0 Å². The summed E-state index contributed by atoms with van der Waals surface area (Å²) in [7, 11) is 0. The summed E-state index contributed by atoms with van der Waals surface area (Å²) in [5.74, 6) is 0. The molecule has 6 heavy (non-hydrogen) atoms. The highest BCUT2D eigenvalue weighted by Crippen LogP contribution is 1.75. The predicted molar refractivity (Wildman–Crippen MR) is 11.7 cm³/mol. The zero-order valence-corrected chi connectivity index (χ0v) is 2.54. The summed E-state index contributed by atoms with van der Waals surface area (Å²) in [6, 6.07) is 0. The summed E-state index contributed by atoms with van der Waals surface area (Å²) in [4.78, 5) is 8.81. The third-order valence-corrected chi connectivity index (χ3v) is 0.135. The quantitative estimate of drug-likeness (QED) is 0.278. The van der Waals surface area contributed by atoms with E-state index >= 15 is 0 Å². The number of nitrogens with zero attached hydrogens (tertiary/aromatic N) is 2. The van der Waals surface area contributed by atoms with Crippen LogP contribution in [0.2, 0.25) is 0 Å². The Kier molecular flexibility index (Phi) is 1.28. The summed E-state index contributed by atoms with van der Waals surface area (Å²) >= 11 is 0. The number of rotatable bonds is 1. The predicted octanol–water partition coefficient (Wildman–Crippen LogP) is -0.246. The Hall–Kier alpha value is -0.910. The first-order valence-corrected chi connectivity index (χ1v) is 0.934. The van der Waals surface area contributed by atoms with Crippen LogP contribution in [0.3, 0.4) is 0 Å². The van der Waals surface area contributed by atoms with Crippen LogP contribution in [-0.4, -0.2) is 15.6 Å². The monoisotopic (exact) mass is 96.0 g/mol. The number of hydrazine groups is 1. The third-order valence-electron chi connectivity index (χ3n) is 0.135. The molecule has 0 atom stereocenters. The Morgan fingerprint density at radius 2 is 2.17 bits per heavy atom. The van der Waals surface area contributed by atoms with Gasteiger partial charge in [0, 0.05) is 0 Å². The van der Waals surface area contributed by atoms with Crippen molar-refractivity contribution in [2.45, 2.75) is 0 Å². The number of halogens is 1.